The molecule has 2 rings (SSSR count). The molecule has 0 aliphatic heterocycles. The van der Waals surface area contributed by atoms with E-state index >= 15 is 0 Å². The molecule has 2 aromatic rings. The van der Waals surface area contributed by atoms with Gasteiger partial charge < -0.3 is 15.2 Å². The highest BCUT2D eigenvalue weighted by Gasteiger charge is 2.15. The van der Waals surface area contributed by atoms with Gasteiger partial charge >= 0.3 is 0 Å². The van der Waals surface area contributed by atoms with Crippen LogP contribution in [0.4, 0.5) is 0 Å². The summed E-state index contributed by atoms with van der Waals surface area (Å²) >= 11 is 24.6. The van der Waals surface area contributed by atoms with Gasteiger partial charge in [-0.15, -0.1) is 0 Å². The maximum Gasteiger partial charge on any atom is 0.180 e. The molecule has 0 aliphatic carbocycles. The first-order valence-corrected chi connectivity index (χ1v) is 8.30. The third kappa shape index (κ3) is 4.37. The van der Waals surface area contributed by atoms with Crippen molar-refractivity contribution in [2.24, 2.45) is 5.73 Å². The monoisotopic (exact) mass is 393 g/mol. The second-order valence-corrected chi connectivity index (χ2v) is 6.36. The SMILES string of the molecule is COc1cc(CCN)cc(Cl)c1OCc1c(Cl)ccc(Cl)c1Cl. The first-order chi connectivity index (χ1) is 11.0. The van der Waals surface area contributed by atoms with E-state index < -0.39 is 0 Å². The van der Waals surface area contributed by atoms with Crippen molar-refractivity contribution >= 4 is 46.4 Å². The summed E-state index contributed by atoms with van der Waals surface area (Å²) < 4.78 is 11.1. The highest BCUT2D eigenvalue weighted by molar-refractivity contribution is 6.44. The average Bonchev–Trinajstić information content (AvgIpc) is 2.52. The van der Waals surface area contributed by atoms with Crippen LogP contribution in [0.3, 0.4) is 0 Å². The molecule has 3 nitrogen and oxygen atoms in total. The van der Waals surface area contributed by atoms with Crippen molar-refractivity contribution in [3.05, 3.63) is 55.5 Å². The maximum absolute atomic E-state index is 6.29. The minimum atomic E-state index is 0.116. The molecule has 0 saturated heterocycles. The second-order valence-electron chi connectivity index (χ2n) is 4.76. The summed E-state index contributed by atoms with van der Waals surface area (Å²) in [7, 11) is 1.55. The Labute approximate surface area is 155 Å². The number of methoxy groups -OCH3 is 1. The molecule has 0 radical (unpaired) electrons. The van der Waals surface area contributed by atoms with E-state index in [1.807, 2.05) is 6.07 Å². The topological polar surface area (TPSA) is 44.5 Å². The number of benzene rings is 2. The minimum Gasteiger partial charge on any atom is -0.493 e. The van der Waals surface area contributed by atoms with E-state index in [-0.39, 0.29) is 6.61 Å². The van der Waals surface area contributed by atoms with Crippen molar-refractivity contribution < 1.29 is 9.47 Å². The van der Waals surface area contributed by atoms with Gasteiger partial charge in [-0.2, -0.15) is 0 Å². The lowest BCUT2D eigenvalue weighted by Crippen LogP contribution is -2.04. The Kier molecular flexibility index (Phi) is 6.69. The Morgan fingerprint density at radius 1 is 1.00 bits per heavy atom. The van der Waals surface area contributed by atoms with Gasteiger partial charge in [0.05, 0.1) is 22.2 Å². The van der Waals surface area contributed by atoms with Crippen LogP contribution in [0, 0.1) is 0 Å². The smallest absolute Gasteiger partial charge is 0.180 e. The number of rotatable bonds is 6. The Morgan fingerprint density at radius 2 is 1.70 bits per heavy atom. The largest absolute Gasteiger partial charge is 0.493 e. The lowest BCUT2D eigenvalue weighted by molar-refractivity contribution is 0.284. The highest BCUT2D eigenvalue weighted by atomic mass is 35.5. The molecule has 0 fully saturated rings. The molecule has 7 heteroatoms. The summed E-state index contributed by atoms with van der Waals surface area (Å²) in [5, 5.41) is 1.66. The van der Waals surface area contributed by atoms with Gasteiger partial charge in [-0.1, -0.05) is 46.4 Å². The van der Waals surface area contributed by atoms with Crippen molar-refractivity contribution in [3.8, 4) is 11.5 Å². The van der Waals surface area contributed by atoms with Gasteiger partial charge in [0.1, 0.15) is 6.61 Å². The number of nitrogens with two attached hydrogens (primary N) is 1. The first-order valence-electron chi connectivity index (χ1n) is 6.79. The minimum absolute atomic E-state index is 0.116. The standard InChI is InChI=1S/C16H15Cl4NO2/c1-22-14-7-9(4-5-21)6-13(19)16(14)23-8-10-11(17)2-3-12(18)15(10)20/h2-3,6-7H,4-5,8,21H2,1H3. The van der Waals surface area contributed by atoms with Crippen molar-refractivity contribution in [2.75, 3.05) is 13.7 Å². The van der Waals surface area contributed by atoms with Gasteiger partial charge in [0.2, 0.25) is 0 Å². The summed E-state index contributed by atoms with van der Waals surface area (Å²) in [4.78, 5) is 0. The lowest BCUT2D eigenvalue weighted by atomic mass is 10.1. The molecular formula is C16H15Cl4NO2. The molecule has 2 aromatic carbocycles. The van der Waals surface area contributed by atoms with Gasteiger partial charge in [0.15, 0.2) is 11.5 Å². The van der Waals surface area contributed by atoms with Crippen LogP contribution in [0.5, 0.6) is 11.5 Å². The van der Waals surface area contributed by atoms with Crippen LogP contribution >= 0.6 is 46.4 Å². The van der Waals surface area contributed by atoms with E-state index in [0.717, 1.165) is 5.56 Å². The molecule has 0 bridgehead atoms. The van der Waals surface area contributed by atoms with E-state index in [1.54, 1.807) is 25.3 Å². The zero-order valence-corrected chi connectivity index (χ0v) is 15.4. The molecule has 0 amide bonds. The van der Waals surface area contributed by atoms with Crippen LogP contribution in [-0.4, -0.2) is 13.7 Å². The zero-order valence-electron chi connectivity index (χ0n) is 12.3. The number of halogens is 4. The average molecular weight is 395 g/mol. The summed E-state index contributed by atoms with van der Waals surface area (Å²) in [6, 6.07) is 6.94. The Morgan fingerprint density at radius 3 is 2.35 bits per heavy atom. The number of hydrogen-bond donors (Lipinski definition) is 1. The van der Waals surface area contributed by atoms with E-state index in [9.17, 15) is 0 Å². The Bertz CT molecular complexity index is 707. The summed E-state index contributed by atoms with van der Waals surface area (Å²) in [6.07, 6.45) is 0.697. The lowest BCUT2D eigenvalue weighted by Gasteiger charge is -2.15. The molecule has 0 heterocycles. The maximum atomic E-state index is 6.29. The van der Waals surface area contributed by atoms with E-state index in [4.69, 9.17) is 61.6 Å². The quantitative estimate of drug-likeness (QED) is 0.668. The normalized spacial score (nSPS) is 10.7. The predicted octanol–water partition coefficient (Wildman–Crippen LogP) is 5.39. The molecule has 124 valence electrons. The van der Waals surface area contributed by atoms with Crippen LogP contribution in [0.2, 0.25) is 20.1 Å². The fourth-order valence-corrected chi connectivity index (χ4v) is 3.01. The second kappa shape index (κ2) is 8.32. The van der Waals surface area contributed by atoms with Crippen LogP contribution in [0.1, 0.15) is 11.1 Å². The van der Waals surface area contributed by atoms with Crippen molar-refractivity contribution in [3.63, 3.8) is 0 Å². The highest BCUT2D eigenvalue weighted by Crippen LogP contribution is 2.38. The van der Waals surface area contributed by atoms with Crippen LogP contribution in [0.25, 0.3) is 0 Å². The first kappa shape index (κ1) is 18.5. The molecule has 0 spiro atoms. The number of hydrogen-bond acceptors (Lipinski definition) is 3. The molecule has 0 unspecified atom stereocenters. The predicted molar refractivity (Wildman–Crippen MR) is 96.6 cm³/mol. The van der Waals surface area contributed by atoms with E-state index in [0.29, 0.717) is 50.1 Å². The summed E-state index contributed by atoms with van der Waals surface area (Å²) in [5.74, 6) is 0.942. The van der Waals surface area contributed by atoms with Gasteiger partial charge in [-0.05, 0) is 42.8 Å². The molecule has 23 heavy (non-hydrogen) atoms. The van der Waals surface area contributed by atoms with E-state index in [1.165, 1.54) is 0 Å². The Balaban J connectivity index is 2.29. The zero-order chi connectivity index (χ0) is 17.0. The molecule has 0 aliphatic rings. The van der Waals surface area contributed by atoms with Gasteiger partial charge in [-0.3, -0.25) is 0 Å². The van der Waals surface area contributed by atoms with Crippen molar-refractivity contribution in [2.45, 2.75) is 13.0 Å². The molecule has 0 aromatic heterocycles. The fraction of sp³-hybridized carbons (Fsp3) is 0.250. The van der Waals surface area contributed by atoms with Gasteiger partial charge in [-0.25, -0.2) is 0 Å². The summed E-state index contributed by atoms with van der Waals surface area (Å²) in [6.45, 7) is 0.637. The fourth-order valence-electron chi connectivity index (χ4n) is 2.07. The van der Waals surface area contributed by atoms with Crippen molar-refractivity contribution in [1.82, 2.24) is 0 Å². The van der Waals surface area contributed by atoms with Gasteiger partial charge in [0, 0.05) is 10.6 Å². The number of ether oxygens (including phenoxy) is 2. The van der Waals surface area contributed by atoms with Crippen LogP contribution in [-0.2, 0) is 13.0 Å². The van der Waals surface area contributed by atoms with Crippen molar-refractivity contribution in [1.29, 1.82) is 0 Å². The molecule has 2 N–H and O–H groups in total. The third-order valence-corrected chi connectivity index (χ3v) is 4.70. The third-order valence-electron chi connectivity index (χ3n) is 3.22. The van der Waals surface area contributed by atoms with Crippen LogP contribution in [0.15, 0.2) is 24.3 Å². The molecule has 0 saturated carbocycles. The van der Waals surface area contributed by atoms with E-state index in [2.05, 4.69) is 0 Å². The Hall–Kier alpha value is -0.840. The summed E-state index contributed by atoms with van der Waals surface area (Å²) in [5.41, 5.74) is 7.13. The van der Waals surface area contributed by atoms with Crippen LogP contribution < -0.4 is 15.2 Å². The van der Waals surface area contributed by atoms with Gasteiger partial charge in [0.25, 0.3) is 0 Å². The molecule has 0 atom stereocenters. The molecular weight excluding hydrogens is 380 g/mol.